The van der Waals surface area contributed by atoms with Crippen molar-refractivity contribution in [3.8, 4) is 5.75 Å². The van der Waals surface area contributed by atoms with Crippen molar-refractivity contribution in [2.24, 2.45) is 0 Å². The summed E-state index contributed by atoms with van der Waals surface area (Å²) in [5, 5.41) is 2.78. The van der Waals surface area contributed by atoms with E-state index in [1.165, 1.54) is 24.3 Å². The zero-order valence-corrected chi connectivity index (χ0v) is 17.3. The lowest BCUT2D eigenvalue weighted by Gasteiger charge is -2.09. The SMILES string of the molecule is O=C(NCCc1ccc(OC(F)F)cc1)c1cccc(CS(=O)(=O)c2ccccc2)c1. The van der Waals surface area contributed by atoms with Crippen LogP contribution in [0.25, 0.3) is 0 Å². The van der Waals surface area contributed by atoms with Crippen LogP contribution in [0, 0.1) is 0 Å². The van der Waals surface area contributed by atoms with E-state index in [-0.39, 0.29) is 22.3 Å². The third-order valence-corrected chi connectivity index (χ3v) is 6.20. The van der Waals surface area contributed by atoms with Gasteiger partial charge in [0.1, 0.15) is 5.75 Å². The van der Waals surface area contributed by atoms with E-state index in [0.29, 0.717) is 24.1 Å². The Labute approximate surface area is 179 Å². The van der Waals surface area contributed by atoms with Crippen LogP contribution in [0.15, 0.2) is 83.8 Å². The summed E-state index contributed by atoms with van der Waals surface area (Å²) < 4.78 is 53.7. The Morgan fingerprint density at radius 3 is 2.29 bits per heavy atom. The lowest BCUT2D eigenvalue weighted by molar-refractivity contribution is -0.0498. The normalized spacial score (nSPS) is 11.3. The van der Waals surface area contributed by atoms with Crippen molar-refractivity contribution in [3.05, 3.63) is 95.6 Å². The van der Waals surface area contributed by atoms with Gasteiger partial charge >= 0.3 is 6.61 Å². The third kappa shape index (κ3) is 6.62. The summed E-state index contributed by atoms with van der Waals surface area (Å²) in [5.74, 6) is -0.452. The van der Waals surface area contributed by atoms with Gasteiger partial charge in [-0.15, -0.1) is 0 Å². The van der Waals surface area contributed by atoms with E-state index in [0.717, 1.165) is 5.56 Å². The van der Waals surface area contributed by atoms with Crippen molar-refractivity contribution < 1.29 is 26.7 Å². The maximum absolute atomic E-state index is 12.5. The molecule has 3 aromatic carbocycles. The van der Waals surface area contributed by atoms with Crippen molar-refractivity contribution in [1.82, 2.24) is 5.32 Å². The molecule has 0 aliphatic rings. The number of halogens is 2. The molecule has 8 heteroatoms. The summed E-state index contributed by atoms with van der Waals surface area (Å²) in [6.07, 6.45) is 0.503. The molecule has 162 valence electrons. The summed E-state index contributed by atoms with van der Waals surface area (Å²) in [7, 11) is -3.51. The molecule has 1 N–H and O–H groups in total. The van der Waals surface area contributed by atoms with Crippen molar-refractivity contribution in [2.75, 3.05) is 6.54 Å². The Kier molecular flexibility index (Phi) is 7.36. The van der Waals surface area contributed by atoms with Crippen LogP contribution in [0.4, 0.5) is 8.78 Å². The van der Waals surface area contributed by atoms with Crippen LogP contribution in [0.5, 0.6) is 5.75 Å². The molecule has 0 bridgehead atoms. The number of carbonyl (C=O) groups excluding carboxylic acids is 1. The number of amides is 1. The number of hydrogen-bond acceptors (Lipinski definition) is 4. The molecule has 0 aliphatic heterocycles. The lowest BCUT2D eigenvalue weighted by Crippen LogP contribution is -2.25. The molecule has 0 heterocycles. The van der Waals surface area contributed by atoms with E-state index >= 15 is 0 Å². The largest absolute Gasteiger partial charge is 0.435 e. The van der Waals surface area contributed by atoms with Crippen LogP contribution in [0.1, 0.15) is 21.5 Å². The number of nitrogens with one attached hydrogen (secondary N) is 1. The molecular formula is C23H21F2NO4S. The van der Waals surface area contributed by atoms with Gasteiger partial charge in [-0.25, -0.2) is 8.42 Å². The first-order valence-electron chi connectivity index (χ1n) is 9.52. The predicted octanol–water partition coefficient (Wildman–Crippen LogP) is 4.23. The Morgan fingerprint density at radius 2 is 1.61 bits per heavy atom. The minimum absolute atomic E-state index is 0.0741. The van der Waals surface area contributed by atoms with Crippen LogP contribution >= 0.6 is 0 Å². The van der Waals surface area contributed by atoms with E-state index < -0.39 is 16.4 Å². The molecule has 0 aromatic heterocycles. The van der Waals surface area contributed by atoms with Crippen molar-refractivity contribution >= 4 is 15.7 Å². The fraction of sp³-hybridized carbons (Fsp3) is 0.174. The summed E-state index contributed by atoms with van der Waals surface area (Å²) in [6, 6.07) is 20.8. The molecule has 0 saturated carbocycles. The van der Waals surface area contributed by atoms with Gasteiger partial charge in [0.25, 0.3) is 5.91 Å². The quantitative estimate of drug-likeness (QED) is 0.535. The first kappa shape index (κ1) is 22.4. The fourth-order valence-electron chi connectivity index (χ4n) is 2.99. The van der Waals surface area contributed by atoms with Gasteiger partial charge in [-0.3, -0.25) is 4.79 Å². The molecule has 0 fully saturated rings. The molecule has 0 radical (unpaired) electrons. The van der Waals surface area contributed by atoms with Gasteiger partial charge in [0, 0.05) is 12.1 Å². The number of carbonyl (C=O) groups is 1. The number of hydrogen-bond donors (Lipinski definition) is 1. The van der Waals surface area contributed by atoms with Gasteiger partial charge < -0.3 is 10.1 Å². The molecule has 5 nitrogen and oxygen atoms in total. The van der Waals surface area contributed by atoms with Crippen LogP contribution < -0.4 is 10.1 Å². The molecule has 0 atom stereocenters. The predicted molar refractivity (Wildman–Crippen MR) is 113 cm³/mol. The monoisotopic (exact) mass is 445 g/mol. The molecule has 3 aromatic rings. The molecule has 0 spiro atoms. The van der Waals surface area contributed by atoms with Gasteiger partial charge in [-0.2, -0.15) is 8.78 Å². The smallest absolute Gasteiger partial charge is 0.387 e. The highest BCUT2D eigenvalue weighted by atomic mass is 32.2. The Morgan fingerprint density at radius 1 is 0.903 bits per heavy atom. The number of rotatable bonds is 9. The summed E-state index contributed by atoms with van der Waals surface area (Å²) in [5.41, 5.74) is 1.73. The number of alkyl halides is 2. The fourth-order valence-corrected chi connectivity index (χ4v) is 4.35. The minimum atomic E-state index is -3.51. The zero-order valence-electron chi connectivity index (χ0n) is 16.5. The Hall–Kier alpha value is -3.26. The lowest BCUT2D eigenvalue weighted by atomic mass is 10.1. The van der Waals surface area contributed by atoms with E-state index in [9.17, 15) is 22.0 Å². The van der Waals surface area contributed by atoms with E-state index in [1.807, 2.05) is 0 Å². The van der Waals surface area contributed by atoms with Crippen molar-refractivity contribution in [1.29, 1.82) is 0 Å². The second kappa shape index (κ2) is 10.2. The van der Waals surface area contributed by atoms with Crippen LogP contribution in [0.3, 0.4) is 0 Å². The average Bonchev–Trinajstić information content (AvgIpc) is 2.75. The summed E-state index contributed by atoms with van der Waals surface area (Å²) in [4.78, 5) is 12.7. The van der Waals surface area contributed by atoms with Crippen molar-refractivity contribution in [2.45, 2.75) is 23.7 Å². The van der Waals surface area contributed by atoms with Gasteiger partial charge in [0.2, 0.25) is 0 Å². The molecule has 0 aliphatic carbocycles. The van der Waals surface area contributed by atoms with Gasteiger partial charge in [0.05, 0.1) is 10.6 Å². The van der Waals surface area contributed by atoms with Gasteiger partial charge in [-0.05, 0) is 53.9 Å². The first-order valence-corrected chi connectivity index (χ1v) is 11.2. The highest BCUT2D eigenvalue weighted by molar-refractivity contribution is 7.90. The molecule has 31 heavy (non-hydrogen) atoms. The minimum Gasteiger partial charge on any atom is -0.435 e. The second-order valence-corrected chi connectivity index (χ2v) is 8.79. The van der Waals surface area contributed by atoms with Gasteiger partial charge in [0.15, 0.2) is 9.84 Å². The first-order chi connectivity index (χ1) is 14.8. The summed E-state index contributed by atoms with van der Waals surface area (Å²) >= 11 is 0. The molecule has 1 amide bonds. The zero-order chi connectivity index (χ0) is 22.3. The number of benzene rings is 3. The molecular weight excluding hydrogens is 424 g/mol. The van der Waals surface area contributed by atoms with Crippen LogP contribution in [0.2, 0.25) is 0 Å². The maximum Gasteiger partial charge on any atom is 0.387 e. The van der Waals surface area contributed by atoms with Crippen molar-refractivity contribution in [3.63, 3.8) is 0 Å². The molecule has 0 saturated heterocycles. The Balaban J connectivity index is 1.56. The molecule has 0 unspecified atom stereocenters. The highest BCUT2D eigenvalue weighted by Gasteiger charge is 2.16. The second-order valence-electron chi connectivity index (χ2n) is 6.80. The summed E-state index contributed by atoms with van der Waals surface area (Å²) in [6.45, 7) is -2.54. The van der Waals surface area contributed by atoms with E-state index in [4.69, 9.17) is 0 Å². The maximum atomic E-state index is 12.5. The highest BCUT2D eigenvalue weighted by Crippen LogP contribution is 2.17. The van der Waals surface area contributed by atoms with Gasteiger partial charge in [-0.1, -0.05) is 42.5 Å². The Bertz CT molecular complexity index is 1120. The third-order valence-electron chi connectivity index (χ3n) is 4.50. The topological polar surface area (TPSA) is 72.5 Å². The standard InChI is InChI=1S/C23H21F2NO4S/c24-23(25)30-20-11-9-17(10-12-20)13-14-26-22(27)19-6-4-5-18(15-19)16-31(28,29)21-7-2-1-3-8-21/h1-12,15,23H,13-14,16H2,(H,26,27). The van der Waals surface area contributed by atoms with Crippen LogP contribution in [-0.2, 0) is 22.0 Å². The molecule has 3 rings (SSSR count). The van der Waals surface area contributed by atoms with E-state index in [2.05, 4.69) is 10.1 Å². The van der Waals surface area contributed by atoms with Crippen LogP contribution in [-0.4, -0.2) is 27.5 Å². The number of ether oxygens (including phenoxy) is 1. The van der Waals surface area contributed by atoms with E-state index in [1.54, 1.807) is 54.6 Å². The number of sulfone groups is 1. The average molecular weight is 445 g/mol.